The van der Waals surface area contributed by atoms with E-state index in [1.54, 1.807) is 7.11 Å². The lowest BCUT2D eigenvalue weighted by Crippen LogP contribution is -2.00. The van der Waals surface area contributed by atoms with Gasteiger partial charge in [0.05, 0.1) is 11.6 Å². The maximum Gasteiger partial charge on any atom is 0.135 e. The first-order chi connectivity index (χ1) is 9.62. The van der Waals surface area contributed by atoms with Gasteiger partial charge in [-0.1, -0.05) is 6.92 Å². The highest BCUT2D eigenvalue weighted by Gasteiger charge is 2.05. The number of rotatable bonds is 5. The van der Waals surface area contributed by atoms with Crippen molar-refractivity contribution in [1.29, 1.82) is 0 Å². The summed E-state index contributed by atoms with van der Waals surface area (Å²) in [7, 11) is 1.64. The summed E-state index contributed by atoms with van der Waals surface area (Å²) in [5, 5.41) is 3.27. The third-order valence-corrected chi connectivity index (χ3v) is 3.66. The number of hydrogen-bond acceptors (Lipinski definition) is 4. The topological polar surface area (TPSA) is 47.0 Å². The Bertz CT molecular complexity index is 605. The zero-order valence-corrected chi connectivity index (χ0v) is 14.5. The van der Waals surface area contributed by atoms with Crippen LogP contribution in [0.3, 0.4) is 0 Å². The summed E-state index contributed by atoms with van der Waals surface area (Å²) in [6.07, 6.45) is 1.88. The predicted octanol–water partition coefficient (Wildman–Crippen LogP) is 4.71. The Hall–Kier alpha value is -1.14. The van der Waals surface area contributed by atoms with Gasteiger partial charge in [0.25, 0.3) is 0 Å². The van der Waals surface area contributed by atoms with Crippen molar-refractivity contribution in [3.8, 4) is 5.75 Å². The van der Waals surface area contributed by atoms with Crippen molar-refractivity contribution < 1.29 is 4.74 Å². The molecule has 0 aliphatic rings. The van der Waals surface area contributed by atoms with E-state index in [0.717, 1.165) is 45.0 Å². The van der Waals surface area contributed by atoms with Crippen LogP contribution in [-0.2, 0) is 6.42 Å². The molecule has 6 heteroatoms. The molecule has 0 atom stereocenters. The molecule has 0 aliphatic carbocycles. The van der Waals surface area contributed by atoms with Crippen molar-refractivity contribution >= 4 is 43.4 Å². The molecule has 0 aliphatic heterocycles. The second kappa shape index (κ2) is 7.04. The van der Waals surface area contributed by atoms with Gasteiger partial charge in [0.15, 0.2) is 0 Å². The molecule has 0 saturated carbocycles. The van der Waals surface area contributed by atoms with E-state index in [9.17, 15) is 0 Å². The van der Waals surface area contributed by atoms with E-state index in [1.165, 1.54) is 0 Å². The molecule has 0 amide bonds. The lowest BCUT2D eigenvalue weighted by molar-refractivity contribution is 0.412. The molecule has 0 bridgehead atoms. The first-order valence-electron chi connectivity index (χ1n) is 6.26. The average molecular weight is 401 g/mol. The van der Waals surface area contributed by atoms with Gasteiger partial charge in [-0.15, -0.1) is 0 Å². The number of aromatic nitrogens is 2. The molecular weight excluding hydrogens is 386 g/mol. The summed E-state index contributed by atoms with van der Waals surface area (Å²) in [5.41, 5.74) is 0.936. The van der Waals surface area contributed by atoms with Crippen LogP contribution < -0.4 is 10.1 Å². The molecule has 0 fully saturated rings. The van der Waals surface area contributed by atoms with E-state index in [4.69, 9.17) is 4.74 Å². The Morgan fingerprint density at radius 2 is 2.00 bits per heavy atom. The van der Waals surface area contributed by atoms with Crippen LogP contribution >= 0.6 is 31.9 Å². The van der Waals surface area contributed by atoms with Crippen LogP contribution in [0.25, 0.3) is 0 Å². The number of methoxy groups -OCH3 is 1. The normalized spacial score (nSPS) is 10.4. The van der Waals surface area contributed by atoms with E-state index in [-0.39, 0.29) is 0 Å². The minimum atomic E-state index is 0.771. The molecule has 4 nitrogen and oxygen atoms in total. The highest BCUT2D eigenvalue weighted by atomic mass is 79.9. The highest BCUT2D eigenvalue weighted by molar-refractivity contribution is 9.10. The third kappa shape index (κ3) is 3.93. The molecular formula is C14H15Br2N3O. The molecule has 1 heterocycles. The summed E-state index contributed by atoms with van der Waals surface area (Å²) < 4.78 is 6.89. The van der Waals surface area contributed by atoms with Crippen molar-refractivity contribution in [1.82, 2.24) is 9.97 Å². The van der Waals surface area contributed by atoms with Crippen LogP contribution in [-0.4, -0.2) is 17.1 Å². The number of halogens is 2. The number of anilines is 2. The van der Waals surface area contributed by atoms with Crippen LogP contribution in [0, 0.1) is 0 Å². The maximum atomic E-state index is 5.21. The highest BCUT2D eigenvalue weighted by Crippen LogP contribution is 2.29. The summed E-state index contributed by atoms with van der Waals surface area (Å²) in [6, 6.07) is 7.65. The molecule has 1 aromatic heterocycles. The second-order valence-corrected chi connectivity index (χ2v) is 5.88. The Labute approximate surface area is 135 Å². The number of ether oxygens (including phenoxy) is 1. The monoisotopic (exact) mass is 399 g/mol. The minimum absolute atomic E-state index is 0.771. The van der Waals surface area contributed by atoms with E-state index >= 15 is 0 Å². The lowest BCUT2D eigenvalue weighted by Gasteiger charge is -2.10. The first-order valence-corrected chi connectivity index (χ1v) is 7.85. The summed E-state index contributed by atoms with van der Waals surface area (Å²) >= 11 is 6.88. The van der Waals surface area contributed by atoms with E-state index in [2.05, 4.69) is 54.1 Å². The van der Waals surface area contributed by atoms with Crippen molar-refractivity contribution in [3.05, 3.63) is 39.2 Å². The second-order valence-electron chi connectivity index (χ2n) is 4.22. The zero-order chi connectivity index (χ0) is 14.5. The summed E-state index contributed by atoms with van der Waals surface area (Å²) in [4.78, 5) is 8.84. The maximum absolute atomic E-state index is 5.21. The molecule has 1 N–H and O–H groups in total. The molecule has 0 unspecified atom stereocenters. The van der Waals surface area contributed by atoms with Gasteiger partial charge in [-0.2, -0.15) is 0 Å². The summed E-state index contributed by atoms with van der Waals surface area (Å²) in [5.74, 6) is 2.40. The van der Waals surface area contributed by atoms with Crippen molar-refractivity contribution in [2.75, 3.05) is 12.4 Å². The van der Waals surface area contributed by atoms with Gasteiger partial charge >= 0.3 is 0 Å². The number of nitrogens with zero attached hydrogens (tertiary/aromatic N) is 2. The molecule has 2 aromatic rings. The SMILES string of the molecule is CCCc1nc(Br)cc(Nc2ccc(OC)c(Br)c2)n1. The Balaban J connectivity index is 2.23. The van der Waals surface area contributed by atoms with Crippen LogP contribution in [0.4, 0.5) is 11.5 Å². The predicted molar refractivity (Wildman–Crippen MR) is 87.7 cm³/mol. The molecule has 0 spiro atoms. The Kier molecular flexibility index (Phi) is 5.37. The number of aryl methyl sites for hydroxylation is 1. The third-order valence-electron chi connectivity index (χ3n) is 2.64. The molecule has 0 saturated heterocycles. The average Bonchev–Trinajstić information content (AvgIpc) is 2.38. The molecule has 1 aromatic carbocycles. The number of hydrogen-bond donors (Lipinski definition) is 1. The largest absolute Gasteiger partial charge is 0.496 e. The Morgan fingerprint density at radius 3 is 2.65 bits per heavy atom. The van der Waals surface area contributed by atoms with Gasteiger partial charge in [0.1, 0.15) is 22.0 Å². The van der Waals surface area contributed by atoms with Crippen molar-refractivity contribution in [2.45, 2.75) is 19.8 Å². The molecule has 106 valence electrons. The van der Waals surface area contributed by atoms with E-state index in [0.29, 0.717) is 0 Å². The van der Waals surface area contributed by atoms with Gasteiger partial charge in [0, 0.05) is 18.2 Å². The van der Waals surface area contributed by atoms with Crippen LogP contribution in [0.1, 0.15) is 19.2 Å². The van der Waals surface area contributed by atoms with Gasteiger partial charge in [-0.3, -0.25) is 0 Å². The van der Waals surface area contributed by atoms with Crippen molar-refractivity contribution in [2.24, 2.45) is 0 Å². The fraction of sp³-hybridized carbons (Fsp3) is 0.286. The summed E-state index contributed by atoms with van der Waals surface area (Å²) in [6.45, 7) is 2.11. The fourth-order valence-electron chi connectivity index (χ4n) is 1.76. The lowest BCUT2D eigenvalue weighted by atomic mass is 10.3. The van der Waals surface area contributed by atoms with Gasteiger partial charge in [-0.25, -0.2) is 9.97 Å². The molecule has 2 rings (SSSR count). The van der Waals surface area contributed by atoms with Gasteiger partial charge < -0.3 is 10.1 Å². The van der Waals surface area contributed by atoms with Crippen LogP contribution in [0.15, 0.2) is 33.3 Å². The standard InChI is InChI=1S/C14H15Br2N3O/c1-3-4-13-18-12(16)8-14(19-13)17-9-5-6-11(20-2)10(15)7-9/h5-8H,3-4H2,1-2H3,(H,17,18,19). The van der Waals surface area contributed by atoms with Crippen LogP contribution in [0.5, 0.6) is 5.75 Å². The van der Waals surface area contributed by atoms with Crippen molar-refractivity contribution in [3.63, 3.8) is 0 Å². The van der Waals surface area contributed by atoms with E-state index in [1.807, 2.05) is 24.3 Å². The smallest absolute Gasteiger partial charge is 0.135 e. The zero-order valence-electron chi connectivity index (χ0n) is 11.3. The molecule has 0 radical (unpaired) electrons. The molecule has 20 heavy (non-hydrogen) atoms. The van der Waals surface area contributed by atoms with Gasteiger partial charge in [-0.05, 0) is 56.5 Å². The number of nitrogens with one attached hydrogen (secondary N) is 1. The van der Waals surface area contributed by atoms with Crippen LogP contribution in [0.2, 0.25) is 0 Å². The fourth-order valence-corrected chi connectivity index (χ4v) is 2.72. The van der Waals surface area contributed by atoms with E-state index < -0.39 is 0 Å². The minimum Gasteiger partial charge on any atom is -0.496 e. The van der Waals surface area contributed by atoms with Gasteiger partial charge in [0.2, 0.25) is 0 Å². The number of benzene rings is 1. The quantitative estimate of drug-likeness (QED) is 0.738. The first kappa shape index (κ1) is 15.3. The Morgan fingerprint density at radius 1 is 1.20 bits per heavy atom.